The molecule has 7 N–H and O–H groups in total. The Balaban J connectivity index is 3.62. The lowest BCUT2D eigenvalue weighted by atomic mass is 10.0. The van der Waals surface area contributed by atoms with Gasteiger partial charge in [-0.3, -0.25) is 48.6 Å². The number of unbranched alkanes of at least 4 members (excludes halogenated alkanes) is 17. The van der Waals surface area contributed by atoms with E-state index in [1.54, 1.807) is 0 Å². The van der Waals surface area contributed by atoms with Crippen LogP contribution in [0.15, 0.2) is 12.3 Å². The first-order valence-electron chi connectivity index (χ1n) is 22.7. The van der Waals surface area contributed by atoms with Crippen molar-refractivity contribution in [2.24, 2.45) is 0 Å². The van der Waals surface area contributed by atoms with Crippen molar-refractivity contribution in [1.82, 2.24) is 31.1 Å². The van der Waals surface area contributed by atoms with Gasteiger partial charge in [0.15, 0.2) is 0 Å². The van der Waals surface area contributed by atoms with Crippen LogP contribution in [0.3, 0.4) is 0 Å². The van der Waals surface area contributed by atoms with Crippen molar-refractivity contribution >= 4 is 37.4 Å². The molecule has 1 unspecified atom stereocenters. The number of amides is 5. The third-order valence-electron chi connectivity index (χ3n) is 9.99. The summed E-state index contributed by atoms with van der Waals surface area (Å²) in [6.45, 7) is 5.88. The molecule has 0 saturated carbocycles. The number of carbonyl (C=O) groups excluding carboxylic acids is 5. The molecule has 0 aromatic heterocycles. The summed E-state index contributed by atoms with van der Waals surface area (Å²) in [5.41, 5.74) is 0.353. The summed E-state index contributed by atoms with van der Waals surface area (Å²) in [5.74, 6) is -2.47. The number of nitrogens with one attached hydrogen (secondary N) is 3. The molecule has 0 aliphatic heterocycles. The summed E-state index contributed by atoms with van der Waals surface area (Å²) in [7, 11) is 2.04. The molecule has 0 aromatic carbocycles. The van der Waals surface area contributed by atoms with E-state index in [-0.39, 0.29) is 58.0 Å². The Morgan fingerprint density at radius 3 is 1.55 bits per heavy atom. The van der Waals surface area contributed by atoms with Gasteiger partial charge in [0.2, 0.25) is 29.5 Å². The number of rotatable bonds is 41. The monoisotopic (exact) mass is 909 g/mol. The third-order valence-corrected chi connectivity index (χ3v) is 11.0. The number of allylic oxidation sites excluding steroid dienone is 1. The lowest BCUT2D eigenvalue weighted by molar-refractivity contribution is -0.870. The first kappa shape index (κ1) is 58.8. The SMILES string of the molecule is C=C(CCC(=O)N(O)CCCCCNC(=O)CCCCCCCCCCCCCCCCCCOP(=O)(O)OCC[N+](C)(C)C)NCN(O)C(=O)CCC(=O)NCN(O)C(C)=O. The minimum absolute atomic E-state index is 0.0430. The van der Waals surface area contributed by atoms with Crippen molar-refractivity contribution in [3.05, 3.63) is 12.3 Å². The van der Waals surface area contributed by atoms with Crippen LogP contribution in [0.1, 0.15) is 161 Å². The van der Waals surface area contributed by atoms with Crippen LogP contribution in [0, 0.1) is 0 Å². The first-order valence-corrected chi connectivity index (χ1v) is 24.2. The highest BCUT2D eigenvalue weighted by atomic mass is 31.2. The van der Waals surface area contributed by atoms with Gasteiger partial charge in [-0.15, -0.1) is 0 Å². The van der Waals surface area contributed by atoms with Crippen LogP contribution in [0.2, 0.25) is 0 Å². The van der Waals surface area contributed by atoms with E-state index in [9.17, 15) is 49.1 Å². The van der Waals surface area contributed by atoms with Crippen molar-refractivity contribution in [2.45, 2.75) is 161 Å². The van der Waals surface area contributed by atoms with Gasteiger partial charge >= 0.3 is 7.82 Å². The standard InChI is InChI=1S/C42H82N7O12P/c1-37(44-35-48(57)42(54)29-27-40(52)45-36-47(56)38(2)50)26-28-41(53)46(55)31-23-20-22-30-43-39(51)25-21-18-16-14-12-10-8-6-7-9-11-13-15-17-19-24-33-60-62(58,59)61-34-32-49(3,4)5/h44,55-57H,1,6-36H2,2-5H3,(H2-,43,45,51,52,58,59)/p+1. The number of carbonyl (C=O) groups is 5. The zero-order chi connectivity index (χ0) is 46.7. The Morgan fingerprint density at radius 2 is 1.00 bits per heavy atom. The predicted molar refractivity (Wildman–Crippen MR) is 235 cm³/mol. The molecule has 0 aliphatic carbocycles. The first-order chi connectivity index (χ1) is 29.3. The summed E-state index contributed by atoms with van der Waals surface area (Å²) >= 11 is 0. The smallest absolute Gasteiger partial charge is 0.370 e. The van der Waals surface area contributed by atoms with Crippen molar-refractivity contribution in [3.63, 3.8) is 0 Å². The molecule has 0 fully saturated rings. The topological polar surface area (TPSA) is 248 Å². The molecule has 362 valence electrons. The summed E-state index contributed by atoms with van der Waals surface area (Å²) in [6.07, 6.45) is 20.5. The molecular weight excluding hydrogens is 825 g/mol. The van der Waals surface area contributed by atoms with E-state index in [1.165, 1.54) is 64.2 Å². The maximum absolute atomic E-state index is 12.3. The highest BCUT2D eigenvalue weighted by Gasteiger charge is 2.22. The van der Waals surface area contributed by atoms with Crippen molar-refractivity contribution in [2.75, 3.05) is 67.3 Å². The van der Waals surface area contributed by atoms with Crippen LogP contribution < -0.4 is 16.0 Å². The fourth-order valence-electron chi connectivity index (χ4n) is 5.98. The van der Waals surface area contributed by atoms with Crippen molar-refractivity contribution in [3.8, 4) is 0 Å². The second kappa shape index (κ2) is 36.2. The molecule has 0 aromatic rings. The van der Waals surface area contributed by atoms with Gasteiger partial charge in [0.1, 0.15) is 26.5 Å². The van der Waals surface area contributed by atoms with Gasteiger partial charge in [-0.25, -0.2) is 19.8 Å². The summed E-state index contributed by atoms with van der Waals surface area (Å²) in [4.78, 5) is 68.9. The molecule has 0 spiro atoms. The Hall–Kier alpha value is -3.16. The van der Waals surface area contributed by atoms with E-state index in [1.807, 2.05) is 21.1 Å². The van der Waals surface area contributed by atoms with Crippen LogP contribution in [0.4, 0.5) is 0 Å². The van der Waals surface area contributed by atoms with Gasteiger partial charge < -0.3 is 25.3 Å². The summed E-state index contributed by atoms with van der Waals surface area (Å²) in [5, 5.41) is 38.4. The molecule has 19 nitrogen and oxygen atoms in total. The number of quaternary nitrogens is 1. The van der Waals surface area contributed by atoms with E-state index in [0.29, 0.717) is 51.3 Å². The molecule has 0 bridgehead atoms. The Labute approximate surface area is 371 Å². The summed E-state index contributed by atoms with van der Waals surface area (Å²) < 4.78 is 22.7. The molecule has 0 aliphatic rings. The fraction of sp³-hybridized carbons (Fsp3) is 0.833. The number of nitrogens with zero attached hydrogens (tertiary/aromatic N) is 4. The molecule has 20 heteroatoms. The lowest BCUT2D eigenvalue weighted by Crippen LogP contribution is -2.39. The quantitative estimate of drug-likeness (QED) is 0.00915. The number of hydrogen-bond acceptors (Lipinski definition) is 12. The van der Waals surface area contributed by atoms with Gasteiger partial charge in [-0.2, -0.15) is 0 Å². The lowest BCUT2D eigenvalue weighted by Gasteiger charge is -2.24. The Bertz CT molecular complexity index is 1320. The van der Waals surface area contributed by atoms with Crippen LogP contribution in [0.5, 0.6) is 0 Å². The molecule has 0 heterocycles. The van der Waals surface area contributed by atoms with Crippen molar-refractivity contribution < 1.29 is 62.6 Å². The molecular formula is C42H83N7O12P+. The number of phosphoric ester groups is 1. The number of hydroxylamine groups is 6. The van der Waals surface area contributed by atoms with E-state index in [0.717, 1.165) is 58.3 Å². The highest BCUT2D eigenvalue weighted by molar-refractivity contribution is 7.47. The Kier molecular flexibility index (Phi) is 34.4. The molecule has 0 saturated heterocycles. The Morgan fingerprint density at radius 1 is 0.548 bits per heavy atom. The molecule has 0 rings (SSSR count). The molecule has 62 heavy (non-hydrogen) atoms. The highest BCUT2D eigenvalue weighted by Crippen LogP contribution is 2.43. The molecule has 5 amide bonds. The second-order valence-electron chi connectivity index (χ2n) is 16.9. The van der Waals surface area contributed by atoms with Crippen LogP contribution in [0.25, 0.3) is 0 Å². The van der Waals surface area contributed by atoms with E-state index in [2.05, 4.69) is 22.5 Å². The van der Waals surface area contributed by atoms with E-state index >= 15 is 0 Å². The maximum Gasteiger partial charge on any atom is 0.472 e. The van der Waals surface area contributed by atoms with Gasteiger partial charge in [-0.05, 0) is 38.5 Å². The normalized spacial score (nSPS) is 12.3. The molecule has 0 radical (unpaired) electrons. The van der Waals surface area contributed by atoms with Gasteiger partial charge in [-0.1, -0.05) is 96.5 Å². The van der Waals surface area contributed by atoms with Crippen LogP contribution >= 0.6 is 7.82 Å². The van der Waals surface area contributed by atoms with Crippen LogP contribution in [-0.2, 0) is 37.6 Å². The average molecular weight is 909 g/mol. The van der Waals surface area contributed by atoms with Crippen molar-refractivity contribution in [1.29, 1.82) is 0 Å². The minimum atomic E-state index is -3.95. The second-order valence-corrected chi connectivity index (χ2v) is 18.3. The van der Waals surface area contributed by atoms with Gasteiger partial charge in [0.25, 0.3) is 0 Å². The molecule has 1 atom stereocenters. The number of phosphoric acid groups is 1. The van der Waals surface area contributed by atoms with E-state index < -0.39 is 38.1 Å². The van der Waals surface area contributed by atoms with Crippen LogP contribution in [-0.4, -0.2) is 137 Å². The number of hydrogen-bond donors (Lipinski definition) is 7. The van der Waals surface area contributed by atoms with E-state index in [4.69, 9.17) is 9.05 Å². The van der Waals surface area contributed by atoms with Gasteiger partial charge in [0.05, 0.1) is 27.7 Å². The average Bonchev–Trinajstić information content (AvgIpc) is 3.21. The zero-order valence-corrected chi connectivity index (χ0v) is 39.3. The number of likely N-dealkylation sites (N-methyl/N-ethyl adjacent to an activating group) is 1. The minimum Gasteiger partial charge on any atom is -0.370 e. The fourth-order valence-corrected chi connectivity index (χ4v) is 6.72. The summed E-state index contributed by atoms with van der Waals surface area (Å²) in [6, 6.07) is 0. The third kappa shape index (κ3) is 37.4. The maximum atomic E-state index is 12.3. The largest absolute Gasteiger partial charge is 0.472 e. The zero-order valence-electron chi connectivity index (χ0n) is 38.4. The predicted octanol–water partition coefficient (Wildman–Crippen LogP) is 6.11. The van der Waals surface area contributed by atoms with Gasteiger partial charge in [0, 0.05) is 51.4 Å².